The minimum Gasteiger partial charge on any atom is -1.00 e. The van der Waals surface area contributed by atoms with E-state index in [0.29, 0.717) is 19.2 Å². The summed E-state index contributed by atoms with van der Waals surface area (Å²) in [6, 6.07) is 14.4. The van der Waals surface area contributed by atoms with Gasteiger partial charge in [0.05, 0.1) is 0 Å². The first-order valence-electron chi connectivity index (χ1n) is 6.69. The Balaban J connectivity index is 0.00000200. The molecule has 0 heterocycles. The molecule has 0 saturated heterocycles. The molecular formula is C16H22NNaO2. The van der Waals surface area contributed by atoms with E-state index in [1.54, 1.807) is 0 Å². The van der Waals surface area contributed by atoms with E-state index in [0.717, 1.165) is 16.5 Å². The molecule has 20 heavy (non-hydrogen) atoms. The summed E-state index contributed by atoms with van der Waals surface area (Å²) in [4.78, 5) is 0. The van der Waals surface area contributed by atoms with Gasteiger partial charge >= 0.3 is 29.6 Å². The molecule has 104 valence electrons. The largest absolute Gasteiger partial charge is 1.00 e. The van der Waals surface area contributed by atoms with Crippen molar-refractivity contribution in [3.8, 4) is 5.75 Å². The summed E-state index contributed by atoms with van der Waals surface area (Å²) < 4.78 is 5.72. The van der Waals surface area contributed by atoms with E-state index in [9.17, 15) is 5.11 Å². The van der Waals surface area contributed by atoms with Crippen molar-refractivity contribution in [2.24, 2.45) is 0 Å². The Bertz CT molecular complexity index is 531. The van der Waals surface area contributed by atoms with Gasteiger partial charge in [0.1, 0.15) is 18.5 Å². The van der Waals surface area contributed by atoms with Crippen LogP contribution in [0.15, 0.2) is 42.5 Å². The average Bonchev–Trinajstić information content (AvgIpc) is 2.42. The van der Waals surface area contributed by atoms with Crippen molar-refractivity contribution in [1.29, 1.82) is 0 Å². The molecule has 0 saturated carbocycles. The summed E-state index contributed by atoms with van der Waals surface area (Å²) in [5.41, 5.74) is 0. The van der Waals surface area contributed by atoms with Gasteiger partial charge in [-0.15, -0.1) is 0 Å². The van der Waals surface area contributed by atoms with Gasteiger partial charge in [0.2, 0.25) is 0 Å². The minimum absolute atomic E-state index is 0. The molecule has 0 amide bonds. The fourth-order valence-electron chi connectivity index (χ4n) is 1.94. The maximum absolute atomic E-state index is 9.84. The number of ether oxygens (including phenoxy) is 1. The molecule has 0 spiro atoms. The summed E-state index contributed by atoms with van der Waals surface area (Å²) in [5.74, 6) is 0.821. The molecule has 0 aliphatic carbocycles. The van der Waals surface area contributed by atoms with E-state index in [1.165, 1.54) is 0 Å². The molecule has 3 nitrogen and oxygen atoms in total. The number of aliphatic hydroxyl groups is 1. The molecule has 0 aliphatic rings. The quantitative estimate of drug-likeness (QED) is 0.715. The molecule has 4 heteroatoms. The van der Waals surface area contributed by atoms with E-state index in [1.807, 2.05) is 30.3 Å². The first-order chi connectivity index (χ1) is 9.16. The van der Waals surface area contributed by atoms with Gasteiger partial charge in [-0.1, -0.05) is 50.2 Å². The zero-order valence-corrected chi connectivity index (χ0v) is 14.5. The van der Waals surface area contributed by atoms with Gasteiger partial charge in [-0.05, 0) is 11.5 Å². The van der Waals surface area contributed by atoms with Crippen molar-refractivity contribution in [2.45, 2.75) is 26.0 Å². The van der Waals surface area contributed by atoms with Crippen molar-refractivity contribution in [3.63, 3.8) is 0 Å². The second-order valence-electron chi connectivity index (χ2n) is 5.01. The van der Waals surface area contributed by atoms with Crippen LogP contribution in [0.4, 0.5) is 0 Å². The van der Waals surface area contributed by atoms with Gasteiger partial charge in [-0.2, -0.15) is 0 Å². The van der Waals surface area contributed by atoms with E-state index < -0.39 is 6.10 Å². The van der Waals surface area contributed by atoms with Crippen LogP contribution in [0.3, 0.4) is 0 Å². The first kappa shape index (κ1) is 17.5. The Labute approximate surface area is 144 Å². The third-order valence-corrected chi connectivity index (χ3v) is 2.94. The van der Waals surface area contributed by atoms with Crippen molar-refractivity contribution in [3.05, 3.63) is 42.5 Å². The van der Waals surface area contributed by atoms with Gasteiger partial charge in [0.25, 0.3) is 0 Å². The summed E-state index contributed by atoms with van der Waals surface area (Å²) in [6.07, 6.45) is -0.499. The number of hydrogen-bond donors (Lipinski definition) is 2. The third-order valence-electron chi connectivity index (χ3n) is 2.94. The number of rotatable bonds is 6. The zero-order chi connectivity index (χ0) is 13.7. The summed E-state index contributed by atoms with van der Waals surface area (Å²) in [7, 11) is 0. The van der Waals surface area contributed by atoms with Gasteiger partial charge in [-0.25, -0.2) is 0 Å². The molecule has 0 bridgehead atoms. The molecule has 0 fully saturated rings. The van der Waals surface area contributed by atoms with Gasteiger partial charge in [0, 0.05) is 18.0 Å². The van der Waals surface area contributed by atoms with Crippen LogP contribution in [0, 0.1) is 0 Å². The number of fused-ring (bicyclic) bond motifs is 1. The molecular weight excluding hydrogens is 261 g/mol. The number of nitrogens with one attached hydrogen (secondary N) is 1. The second kappa shape index (κ2) is 8.65. The van der Waals surface area contributed by atoms with Crippen LogP contribution < -0.4 is 39.6 Å². The molecule has 1 unspecified atom stereocenters. The molecule has 0 radical (unpaired) electrons. The topological polar surface area (TPSA) is 41.5 Å². The van der Waals surface area contributed by atoms with Crippen LogP contribution in [-0.2, 0) is 0 Å². The minimum atomic E-state index is -0.499. The van der Waals surface area contributed by atoms with E-state index in [2.05, 4.69) is 31.3 Å². The molecule has 1 atom stereocenters. The maximum Gasteiger partial charge on any atom is 1.00 e. The zero-order valence-electron chi connectivity index (χ0n) is 13.5. The van der Waals surface area contributed by atoms with E-state index in [-0.39, 0.29) is 31.0 Å². The van der Waals surface area contributed by atoms with Crippen LogP contribution >= 0.6 is 0 Å². The molecule has 0 aromatic heterocycles. The second-order valence-corrected chi connectivity index (χ2v) is 5.01. The normalized spacial score (nSPS) is 12.2. The van der Waals surface area contributed by atoms with Crippen molar-refractivity contribution < 1.29 is 40.8 Å². The van der Waals surface area contributed by atoms with Gasteiger partial charge < -0.3 is 16.6 Å². The molecule has 0 aliphatic heterocycles. The Morgan fingerprint density at radius 2 is 1.85 bits per heavy atom. The van der Waals surface area contributed by atoms with Crippen LogP contribution in [0.1, 0.15) is 15.3 Å². The van der Waals surface area contributed by atoms with Crippen LogP contribution in [0.2, 0.25) is 0 Å². The monoisotopic (exact) mass is 283 g/mol. The molecule has 2 N–H and O–H groups in total. The smallest absolute Gasteiger partial charge is 1.00 e. The van der Waals surface area contributed by atoms with Crippen molar-refractivity contribution in [1.82, 2.24) is 5.32 Å². The SMILES string of the molecule is CC(C)NCC(O)COc1cccc2ccccc12.[H-].[Na+]. The van der Waals surface area contributed by atoms with Gasteiger partial charge in [0.15, 0.2) is 0 Å². The summed E-state index contributed by atoms with van der Waals surface area (Å²) in [6.45, 7) is 4.95. The fourth-order valence-corrected chi connectivity index (χ4v) is 1.94. The first-order valence-corrected chi connectivity index (χ1v) is 6.69. The third kappa shape index (κ3) is 5.08. The average molecular weight is 283 g/mol. The van der Waals surface area contributed by atoms with Crippen molar-refractivity contribution >= 4 is 10.8 Å². The van der Waals surface area contributed by atoms with Gasteiger partial charge in [-0.3, -0.25) is 0 Å². The van der Waals surface area contributed by atoms with Crippen LogP contribution in [-0.4, -0.2) is 30.4 Å². The van der Waals surface area contributed by atoms with Crippen LogP contribution in [0.5, 0.6) is 5.75 Å². The predicted molar refractivity (Wildman–Crippen MR) is 79.7 cm³/mol. The Morgan fingerprint density at radius 1 is 1.15 bits per heavy atom. The fraction of sp³-hybridized carbons (Fsp3) is 0.375. The van der Waals surface area contributed by atoms with Crippen molar-refractivity contribution in [2.75, 3.05) is 13.2 Å². The maximum atomic E-state index is 9.84. The standard InChI is InChI=1S/C16H21NO2.Na.H/c1-12(2)17-10-14(18)11-19-16-9-5-7-13-6-3-4-8-15(13)16;;/h3-9,12,14,17-18H,10-11H2,1-2H3;;/q;+1;-1. The van der Waals surface area contributed by atoms with Crippen LogP contribution in [0.25, 0.3) is 10.8 Å². The Kier molecular flexibility index (Phi) is 7.56. The predicted octanol–water partition coefficient (Wildman–Crippen LogP) is -0.306. The van der Waals surface area contributed by atoms with E-state index in [4.69, 9.17) is 4.74 Å². The molecule has 2 aromatic carbocycles. The van der Waals surface area contributed by atoms with E-state index >= 15 is 0 Å². The Hall–Kier alpha value is -0.580. The number of aliphatic hydroxyl groups excluding tert-OH is 1. The molecule has 2 aromatic rings. The summed E-state index contributed by atoms with van der Waals surface area (Å²) >= 11 is 0. The summed E-state index contributed by atoms with van der Waals surface area (Å²) in [5, 5.41) is 15.3. The Morgan fingerprint density at radius 3 is 2.60 bits per heavy atom. The number of hydrogen-bond acceptors (Lipinski definition) is 3. The molecule has 2 rings (SSSR count). The number of benzene rings is 2.